The molecule has 0 spiro atoms. The van der Waals surface area contributed by atoms with E-state index in [1.54, 1.807) is 6.07 Å². The fourth-order valence-electron chi connectivity index (χ4n) is 4.06. The van der Waals surface area contributed by atoms with Gasteiger partial charge in [-0.25, -0.2) is 4.79 Å². The zero-order valence-corrected chi connectivity index (χ0v) is 15.9. The molecular weight excluding hydrogens is 360 g/mol. The third-order valence-corrected chi connectivity index (χ3v) is 5.53. The Balaban J connectivity index is 2.04. The number of rotatable bonds is 2. The van der Waals surface area contributed by atoms with Crippen LogP contribution in [-0.4, -0.2) is 18.2 Å². The van der Waals surface area contributed by atoms with Crippen molar-refractivity contribution in [2.24, 2.45) is 0 Å². The molecule has 0 amide bonds. The summed E-state index contributed by atoms with van der Waals surface area (Å²) in [6, 6.07) is 17.6. The van der Waals surface area contributed by atoms with Gasteiger partial charge >= 0.3 is 5.97 Å². The van der Waals surface area contributed by atoms with Crippen LogP contribution in [0, 0.1) is 6.92 Å². The van der Waals surface area contributed by atoms with Gasteiger partial charge in [0, 0.05) is 16.5 Å². The van der Waals surface area contributed by atoms with Gasteiger partial charge < -0.3 is 9.84 Å². The lowest BCUT2D eigenvalue weighted by Crippen LogP contribution is -2.17. The second-order valence-corrected chi connectivity index (χ2v) is 7.27. The predicted octanol–water partition coefficient (Wildman–Crippen LogP) is 5.50. The van der Waals surface area contributed by atoms with E-state index in [-0.39, 0.29) is 17.2 Å². The third kappa shape index (κ3) is 2.88. The molecule has 3 nitrogen and oxygen atoms in total. The lowest BCUT2D eigenvalue weighted by atomic mass is 9.73. The Morgan fingerprint density at radius 3 is 2.59 bits per heavy atom. The number of hydrogen-bond acceptors (Lipinski definition) is 3. The van der Waals surface area contributed by atoms with Crippen LogP contribution in [0.25, 0.3) is 11.1 Å². The van der Waals surface area contributed by atoms with Crippen LogP contribution in [0.2, 0.25) is 5.02 Å². The molecule has 1 unspecified atom stereocenters. The summed E-state index contributed by atoms with van der Waals surface area (Å²) >= 11 is 6.31. The Morgan fingerprint density at radius 2 is 1.89 bits per heavy atom. The number of benzene rings is 3. The first kappa shape index (κ1) is 17.6. The van der Waals surface area contributed by atoms with Crippen molar-refractivity contribution in [2.45, 2.75) is 19.3 Å². The highest BCUT2D eigenvalue weighted by Crippen LogP contribution is 2.48. The quantitative estimate of drug-likeness (QED) is 0.599. The monoisotopic (exact) mass is 378 g/mol. The van der Waals surface area contributed by atoms with Gasteiger partial charge in [0.1, 0.15) is 11.3 Å². The van der Waals surface area contributed by atoms with Gasteiger partial charge in [-0.3, -0.25) is 0 Å². The lowest BCUT2D eigenvalue weighted by Gasteiger charge is -2.31. The Labute approximate surface area is 163 Å². The summed E-state index contributed by atoms with van der Waals surface area (Å²) in [5.74, 6) is -0.471. The number of hydrogen-bond donors (Lipinski definition) is 1. The van der Waals surface area contributed by atoms with Crippen molar-refractivity contribution in [3.8, 4) is 16.9 Å². The number of halogens is 1. The smallest absolute Gasteiger partial charge is 0.342 e. The molecule has 0 aromatic heterocycles. The van der Waals surface area contributed by atoms with Crippen LogP contribution in [0.1, 0.15) is 38.5 Å². The Hall–Kier alpha value is -2.78. The number of aryl methyl sites for hydroxylation is 1. The summed E-state index contributed by atoms with van der Waals surface area (Å²) in [4.78, 5) is 12.4. The highest BCUT2D eigenvalue weighted by Gasteiger charge is 2.32. The summed E-state index contributed by atoms with van der Waals surface area (Å²) in [5.41, 5.74) is 6.13. The van der Waals surface area contributed by atoms with Gasteiger partial charge in [-0.15, -0.1) is 0 Å². The molecule has 1 atom stereocenters. The first-order valence-electron chi connectivity index (χ1n) is 8.79. The van der Waals surface area contributed by atoms with Gasteiger partial charge in [-0.2, -0.15) is 0 Å². The van der Waals surface area contributed by atoms with E-state index in [1.807, 2.05) is 43.3 Å². The minimum Gasteiger partial charge on any atom is -0.507 e. The van der Waals surface area contributed by atoms with Gasteiger partial charge in [0.2, 0.25) is 0 Å². The first-order valence-corrected chi connectivity index (χ1v) is 9.17. The number of phenolic OH excluding ortho intramolecular Hbond substituents is 1. The van der Waals surface area contributed by atoms with Crippen LogP contribution in [0.4, 0.5) is 0 Å². The number of fused-ring (bicyclic) bond motifs is 3. The Morgan fingerprint density at radius 1 is 1.15 bits per heavy atom. The molecule has 4 rings (SSSR count). The molecule has 0 bridgehead atoms. The van der Waals surface area contributed by atoms with Crippen LogP contribution in [-0.2, 0) is 11.2 Å². The summed E-state index contributed by atoms with van der Waals surface area (Å²) in [6.07, 6.45) is 0.725. The van der Waals surface area contributed by atoms with E-state index >= 15 is 0 Å². The van der Waals surface area contributed by atoms with E-state index in [9.17, 15) is 9.90 Å². The molecule has 0 saturated carbocycles. The maximum Gasteiger partial charge on any atom is 0.342 e. The van der Waals surface area contributed by atoms with E-state index < -0.39 is 5.97 Å². The number of aromatic hydroxyl groups is 1. The Bertz CT molecular complexity index is 1040. The molecule has 3 aromatic rings. The largest absolute Gasteiger partial charge is 0.507 e. The number of ether oxygens (including phenoxy) is 1. The highest BCUT2D eigenvalue weighted by atomic mass is 35.5. The van der Waals surface area contributed by atoms with Crippen molar-refractivity contribution in [3.63, 3.8) is 0 Å². The summed E-state index contributed by atoms with van der Waals surface area (Å²) in [7, 11) is 1.33. The van der Waals surface area contributed by atoms with Crippen molar-refractivity contribution in [1.29, 1.82) is 0 Å². The number of methoxy groups -OCH3 is 1. The summed E-state index contributed by atoms with van der Waals surface area (Å²) < 4.78 is 4.95. The predicted molar refractivity (Wildman–Crippen MR) is 107 cm³/mol. The fraction of sp³-hybridized carbons (Fsp3) is 0.174. The summed E-state index contributed by atoms with van der Waals surface area (Å²) in [6.45, 7) is 1.96. The maximum atomic E-state index is 12.4. The summed E-state index contributed by atoms with van der Waals surface area (Å²) in [5, 5.41) is 11.1. The van der Waals surface area contributed by atoms with Crippen LogP contribution in [0.5, 0.6) is 5.75 Å². The second-order valence-electron chi connectivity index (χ2n) is 6.83. The zero-order chi connectivity index (χ0) is 19.1. The first-order chi connectivity index (χ1) is 13.0. The van der Waals surface area contributed by atoms with Crippen molar-refractivity contribution in [2.75, 3.05) is 7.11 Å². The number of esters is 1. The molecule has 136 valence electrons. The van der Waals surface area contributed by atoms with Crippen LogP contribution < -0.4 is 0 Å². The van der Waals surface area contributed by atoms with E-state index in [0.717, 1.165) is 34.2 Å². The number of carbonyl (C=O) groups is 1. The van der Waals surface area contributed by atoms with E-state index in [2.05, 4.69) is 12.1 Å². The van der Waals surface area contributed by atoms with E-state index in [1.165, 1.54) is 12.7 Å². The standard InChI is InChI=1S/C23H19ClO3/c1-13-10-20(25)22(23(26)27-2)21-16-9-8-15(24)11-19(16)18(12-17(13)21)14-6-4-3-5-7-14/h3-11,18,25H,12H2,1-2H3. The van der Waals surface area contributed by atoms with E-state index in [4.69, 9.17) is 16.3 Å². The van der Waals surface area contributed by atoms with Crippen LogP contribution in [0.3, 0.4) is 0 Å². The van der Waals surface area contributed by atoms with Gasteiger partial charge in [0.25, 0.3) is 0 Å². The van der Waals surface area contributed by atoms with Crippen LogP contribution >= 0.6 is 11.6 Å². The molecular formula is C23H19ClO3. The van der Waals surface area contributed by atoms with Gasteiger partial charge in [0.05, 0.1) is 7.11 Å². The third-order valence-electron chi connectivity index (χ3n) is 5.30. The SMILES string of the molecule is COC(=O)c1c(O)cc(C)c2c1-c1ccc(Cl)cc1C(c1ccccc1)C2. The average Bonchev–Trinajstić information content (AvgIpc) is 2.67. The molecule has 4 heteroatoms. The molecule has 0 heterocycles. The fourth-order valence-corrected chi connectivity index (χ4v) is 4.24. The zero-order valence-electron chi connectivity index (χ0n) is 15.1. The van der Waals surface area contributed by atoms with E-state index in [0.29, 0.717) is 5.02 Å². The number of carbonyl (C=O) groups excluding carboxylic acids is 1. The van der Waals surface area contributed by atoms with Gasteiger partial charge in [0.15, 0.2) is 0 Å². The molecule has 1 aliphatic rings. The average molecular weight is 379 g/mol. The molecule has 0 fully saturated rings. The minimum absolute atomic E-state index is 0.0582. The number of phenols is 1. The molecule has 0 saturated heterocycles. The van der Waals surface area contributed by atoms with Crippen LogP contribution in [0.15, 0.2) is 54.6 Å². The molecule has 27 heavy (non-hydrogen) atoms. The van der Waals surface area contributed by atoms with Gasteiger partial charge in [-0.05, 0) is 59.4 Å². The van der Waals surface area contributed by atoms with Crippen molar-refractivity contribution >= 4 is 17.6 Å². The molecule has 1 aliphatic carbocycles. The van der Waals surface area contributed by atoms with Gasteiger partial charge in [-0.1, -0.05) is 48.0 Å². The second kappa shape index (κ2) is 6.75. The maximum absolute atomic E-state index is 12.4. The minimum atomic E-state index is -0.539. The molecule has 1 N–H and O–H groups in total. The topological polar surface area (TPSA) is 46.5 Å². The van der Waals surface area contributed by atoms with Crippen molar-refractivity contribution in [3.05, 3.63) is 87.4 Å². The Kier molecular flexibility index (Phi) is 4.40. The van der Waals surface area contributed by atoms with Crippen molar-refractivity contribution in [1.82, 2.24) is 0 Å². The lowest BCUT2D eigenvalue weighted by molar-refractivity contribution is 0.0598. The molecule has 3 aromatic carbocycles. The molecule has 0 aliphatic heterocycles. The normalized spacial score (nSPS) is 15.0. The molecule has 0 radical (unpaired) electrons. The van der Waals surface area contributed by atoms with Crippen molar-refractivity contribution < 1.29 is 14.6 Å². The highest BCUT2D eigenvalue weighted by molar-refractivity contribution is 6.30.